The van der Waals surface area contributed by atoms with Crippen molar-refractivity contribution < 1.29 is 24.2 Å². The van der Waals surface area contributed by atoms with Gasteiger partial charge in [-0.1, -0.05) is 84.4 Å². The lowest BCUT2D eigenvalue weighted by molar-refractivity contribution is -0.139. The van der Waals surface area contributed by atoms with Crippen molar-refractivity contribution in [2.45, 2.75) is 12.5 Å². The Morgan fingerprint density at radius 3 is 2.16 bits per heavy atom. The molecule has 4 aromatic rings. The smallest absolute Gasteiger partial charge is 0.417 e. The van der Waals surface area contributed by atoms with Gasteiger partial charge in [0.2, 0.25) is 0 Å². The highest BCUT2D eigenvalue weighted by Gasteiger charge is 2.22. The first-order chi connectivity index (χ1) is 17.9. The molecule has 0 bridgehead atoms. The largest absolute Gasteiger partial charge is 0.480 e. The highest BCUT2D eigenvalue weighted by molar-refractivity contribution is 6.33. The van der Waals surface area contributed by atoms with E-state index >= 15 is 0 Å². The van der Waals surface area contributed by atoms with E-state index < -0.39 is 24.0 Å². The van der Waals surface area contributed by atoms with E-state index in [1.807, 2.05) is 48.5 Å². The van der Waals surface area contributed by atoms with Crippen molar-refractivity contribution in [3.63, 3.8) is 0 Å². The number of nitrogens with one attached hydrogen (secondary N) is 2. The average molecular weight is 515 g/mol. The second kappa shape index (κ2) is 11.9. The molecule has 0 spiro atoms. The molecule has 0 fully saturated rings. The van der Waals surface area contributed by atoms with Gasteiger partial charge in [0, 0.05) is 12.0 Å². The number of halogens is 1. The zero-order chi connectivity index (χ0) is 26.2. The third-order valence-corrected chi connectivity index (χ3v) is 5.87. The van der Waals surface area contributed by atoms with Gasteiger partial charge in [0.05, 0.1) is 16.3 Å². The number of carbonyl (C=O) groups is 3. The number of ether oxygens (including phenoxy) is 1. The lowest BCUT2D eigenvalue weighted by Gasteiger charge is -2.15. The predicted molar refractivity (Wildman–Crippen MR) is 142 cm³/mol. The van der Waals surface area contributed by atoms with Gasteiger partial charge in [0.25, 0.3) is 5.91 Å². The molecule has 1 atom stereocenters. The zero-order valence-corrected chi connectivity index (χ0v) is 20.3. The van der Waals surface area contributed by atoms with Crippen LogP contribution in [0.2, 0.25) is 5.02 Å². The first kappa shape index (κ1) is 25.5. The van der Waals surface area contributed by atoms with Crippen molar-refractivity contribution in [1.82, 2.24) is 5.32 Å². The van der Waals surface area contributed by atoms with Crippen LogP contribution < -0.4 is 15.4 Å². The summed E-state index contributed by atoms with van der Waals surface area (Å²) in [5, 5.41) is 15.1. The average Bonchev–Trinajstić information content (AvgIpc) is 2.90. The van der Waals surface area contributed by atoms with Crippen LogP contribution in [0.15, 0.2) is 103 Å². The van der Waals surface area contributed by atoms with Gasteiger partial charge in [-0.2, -0.15) is 0 Å². The Labute approximate surface area is 218 Å². The summed E-state index contributed by atoms with van der Waals surface area (Å²) in [6.07, 6.45) is -0.630. The van der Waals surface area contributed by atoms with Gasteiger partial charge >= 0.3 is 12.1 Å². The summed E-state index contributed by atoms with van der Waals surface area (Å²) in [5.41, 5.74) is 3.24. The molecule has 0 saturated carbocycles. The number of anilines is 1. The van der Waals surface area contributed by atoms with Crippen molar-refractivity contribution in [1.29, 1.82) is 0 Å². The van der Waals surface area contributed by atoms with Gasteiger partial charge in [-0.15, -0.1) is 0 Å². The number of rotatable bonds is 8. The lowest BCUT2D eigenvalue weighted by Crippen LogP contribution is -2.42. The zero-order valence-electron chi connectivity index (χ0n) is 19.6. The predicted octanol–water partition coefficient (Wildman–Crippen LogP) is 6.04. The van der Waals surface area contributed by atoms with Crippen molar-refractivity contribution in [3.8, 4) is 16.9 Å². The van der Waals surface area contributed by atoms with Gasteiger partial charge < -0.3 is 15.2 Å². The van der Waals surface area contributed by atoms with Gasteiger partial charge in [0.1, 0.15) is 11.8 Å². The van der Waals surface area contributed by atoms with Gasteiger partial charge in [0.15, 0.2) is 0 Å². The van der Waals surface area contributed by atoms with Crippen LogP contribution in [-0.2, 0) is 11.2 Å². The molecule has 186 valence electrons. The maximum atomic E-state index is 12.5. The fraction of sp³-hybridized carbons (Fsp3) is 0.0690. The third kappa shape index (κ3) is 6.74. The number of hydrogen-bond acceptors (Lipinski definition) is 4. The molecule has 8 heteroatoms. The van der Waals surface area contributed by atoms with Crippen LogP contribution in [0.4, 0.5) is 10.5 Å². The van der Waals surface area contributed by atoms with E-state index in [0.29, 0.717) is 11.3 Å². The monoisotopic (exact) mass is 514 g/mol. The molecule has 0 radical (unpaired) electrons. The van der Waals surface area contributed by atoms with Crippen LogP contribution in [0.1, 0.15) is 15.9 Å². The molecule has 3 N–H and O–H groups in total. The highest BCUT2D eigenvalue weighted by Crippen LogP contribution is 2.28. The minimum atomic E-state index is -1.18. The highest BCUT2D eigenvalue weighted by atomic mass is 35.5. The summed E-state index contributed by atoms with van der Waals surface area (Å²) < 4.78 is 5.40. The lowest BCUT2D eigenvalue weighted by atomic mass is 10.0. The molecule has 4 aromatic carbocycles. The van der Waals surface area contributed by atoms with E-state index in [4.69, 9.17) is 16.3 Å². The molecule has 7 nitrogen and oxygen atoms in total. The van der Waals surface area contributed by atoms with Gasteiger partial charge in [-0.05, 0) is 41.5 Å². The van der Waals surface area contributed by atoms with E-state index in [1.54, 1.807) is 48.5 Å². The SMILES string of the molecule is O=C(Nc1ccccc1-c1ccccc1)Oc1ccc(CC(NC(=O)c2ccccc2Cl)C(=O)O)cc1. The number of para-hydroxylation sites is 1. The van der Waals surface area contributed by atoms with Crippen molar-refractivity contribution >= 4 is 35.3 Å². The summed E-state index contributed by atoms with van der Waals surface area (Å²) in [7, 11) is 0. The summed E-state index contributed by atoms with van der Waals surface area (Å²) in [6, 6.07) is 28.7. The van der Waals surface area contributed by atoms with Crippen molar-refractivity contribution in [2.75, 3.05) is 5.32 Å². The molecule has 0 heterocycles. The summed E-state index contributed by atoms with van der Waals surface area (Å²) in [4.78, 5) is 36.8. The minimum Gasteiger partial charge on any atom is -0.480 e. The third-order valence-electron chi connectivity index (χ3n) is 5.54. The van der Waals surface area contributed by atoms with Crippen LogP contribution in [0.3, 0.4) is 0 Å². The topological polar surface area (TPSA) is 105 Å². The number of amides is 2. The number of hydrogen-bond donors (Lipinski definition) is 3. The molecule has 2 amide bonds. The number of aliphatic carboxylic acids is 1. The Morgan fingerprint density at radius 1 is 0.811 bits per heavy atom. The molecular weight excluding hydrogens is 492 g/mol. The maximum absolute atomic E-state index is 12.5. The molecule has 0 saturated heterocycles. The molecular formula is C29H23ClN2O5. The van der Waals surface area contributed by atoms with Crippen molar-refractivity contribution in [2.24, 2.45) is 0 Å². The fourth-order valence-electron chi connectivity index (χ4n) is 3.71. The quantitative estimate of drug-likeness (QED) is 0.266. The van der Waals surface area contributed by atoms with Crippen molar-refractivity contribution in [3.05, 3.63) is 119 Å². The molecule has 0 aliphatic rings. The second-order valence-corrected chi connectivity index (χ2v) is 8.53. The number of carboxylic acids is 1. The summed E-state index contributed by atoms with van der Waals surface area (Å²) in [6.45, 7) is 0. The number of carboxylic acid groups (broad SMARTS) is 1. The molecule has 37 heavy (non-hydrogen) atoms. The molecule has 1 unspecified atom stereocenters. The van der Waals surface area contributed by atoms with E-state index in [1.165, 1.54) is 6.07 Å². The van der Waals surface area contributed by atoms with Crippen LogP contribution in [-0.4, -0.2) is 29.1 Å². The molecule has 0 aliphatic heterocycles. The Balaban J connectivity index is 1.38. The van der Waals surface area contributed by atoms with Gasteiger partial charge in [-0.3, -0.25) is 10.1 Å². The fourth-order valence-corrected chi connectivity index (χ4v) is 3.94. The molecule has 4 rings (SSSR count). The standard InChI is InChI=1S/C29H23ClN2O5/c30-24-12-6-4-11-23(24)27(33)31-26(28(34)35)18-19-14-16-21(17-15-19)37-29(36)32-25-13-7-5-10-22(25)20-8-2-1-3-9-20/h1-17,26H,18H2,(H,31,33)(H,32,36)(H,34,35). The van der Waals surface area contributed by atoms with E-state index in [-0.39, 0.29) is 22.8 Å². The van der Waals surface area contributed by atoms with E-state index in [0.717, 1.165) is 11.1 Å². The Bertz CT molecular complexity index is 1410. The minimum absolute atomic E-state index is 0.0302. The summed E-state index contributed by atoms with van der Waals surface area (Å²) in [5.74, 6) is -1.48. The van der Waals surface area contributed by atoms with Crippen LogP contribution >= 0.6 is 11.6 Å². The Kier molecular flexibility index (Phi) is 8.18. The van der Waals surface area contributed by atoms with Crippen LogP contribution in [0, 0.1) is 0 Å². The first-order valence-corrected chi connectivity index (χ1v) is 11.8. The molecule has 0 aromatic heterocycles. The van der Waals surface area contributed by atoms with E-state index in [9.17, 15) is 19.5 Å². The van der Waals surface area contributed by atoms with Gasteiger partial charge in [-0.25, -0.2) is 9.59 Å². The number of carbonyl (C=O) groups excluding carboxylic acids is 2. The van der Waals surface area contributed by atoms with E-state index in [2.05, 4.69) is 10.6 Å². The molecule has 0 aliphatic carbocycles. The maximum Gasteiger partial charge on any atom is 0.417 e. The Morgan fingerprint density at radius 2 is 1.46 bits per heavy atom. The van der Waals surface area contributed by atoms with Crippen LogP contribution in [0.5, 0.6) is 5.75 Å². The Hall–Kier alpha value is -4.62. The summed E-state index contributed by atoms with van der Waals surface area (Å²) >= 11 is 6.04. The normalized spacial score (nSPS) is 11.3. The number of benzene rings is 4. The second-order valence-electron chi connectivity index (χ2n) is 8.12. The first-order valence-electron chi connectivity index (χ1n) is 11.4. The van der Waals surface area contributed by atoms with Crippen LogP contribution in [0.25, 0.3) is 11.1 Å².